The second-order valence-electron chi connectivity index (χ2n) is 3.98. The monoisotopic (exact) mass is 250 g/mol. The Labute approximate surface area is 109 Å². The van der Waals surface area contributed by atoms with Crippen molar-refractivity contribution in [3.05, 3.63) is 71.2 Å². The van der Waals surface area contributed by atoms with Gasteiger partial charge in [-0.1, -0.05) is 65.8 Å². The summed E-state index contributed by atoms with van der Waals surface area (Å²) in [5.41, 5.74) is 2.22. The second kappa shape index (κ2) is 4.86. The van der Waals surface area contributed by atoms with E-state index in [1.165, 1.54) is 0 Å². The third-order valence-electron chi connectivity index (χ3n) is 2.72. The van der Waals surface area contributed by atoms with E-state index >= 15 is 0 Å². The molecule has 0 saturated heterocycles. The highest BCUT2D eigenvalue weighted by Crippen LogP contribution is 2.28. The van der Waals surface area contributed by atoms with E-state index in [0.717, 1.165) is 11.1 Å². The smallest absolute Gasteiger partial charge is 0.405 e. The van der Waals surface area contributed by atoms with Gasteiger partial charge in [-0.15, -0.1) is 5.10 Å². The van der Waals surface area contributed by atoms with E-state index in [9.17, 15) is 4.79 Å². The van der Waals surface area contributed by atoms with Crippen molar-refractivity contribution in [2.24, 2.45) is 0 Å². The highest BCUT2D eigenvalue weighted by Gasteiger charge is 2.12. The van der Waals surface area contributed by atoms with E-state index in [1.54, 1.807) is 0 Å². The van der Waals surface area contributed by atoms with Gasteiger partial charge >= 0.3 is 5.76 Å². The average Bonchev–Trinajstić information content (AvgIpc) is 2.49. The Balaban J connectivity index is 2.24. The molecular weight excluding hydrogens is 240 g/mol. The molecule has 0 unspecified atom stereocenters. The molecule has 0 N–H and O–H groups in total. The minimum Gasteiger partial charge on any atom is -0.405 e. The third-order valence-corrected chi connectivity index (χ3v) is 2.72. The molecule has 2 aromatic carbocycles. The molecule has 0 radical (unpaired) electrons. The molecule has 0 fully saturated rings. The molecule has 0 aliphatic heterocycles. The number of benzene rings is 2. The van der Waals surface area contributed by atoms with Crippen LogP contribution in [0.4, 0.5) is 0 Å². The first-order valence-corrected chi connectivity index (χ1v) is 5.83. The summed E-state index contributed by atoms with van der Waals surface area (Å²) in [6.07, 6.45) is 0. The van der Waals surface area contributed by atoms with Gasteiger partial charge in [-0.2, -0.15) is 0 Å². The van der Waals surface area contributed by atoms with Crippen LogP contribution in [0.15, 0.2) is 69.9 Å². The van der Waals surface area contributed by atoms with Crippen molar-refractivity contribution >= 4 is 0 Å². The van der Waals surface area contributed by atoms with E-state index in [1.807, 2.05) is 60.7 Å². The number of hydrogen-bond donors (Lipinski definition) is 0. The molecule has 0 aliphatic carbocycles. The van der Waals surface area contributed by atoms with E-state index in [4.69, 9.17) is 4.42 Å². The molecule has 0 spiro atoms. The predicted octanol–water partition coefficient (Wildman–Crippen LogP) is 2.76. The minimum absolute atomic E-state index is 0.437. The summed E-state index contributed by atoms with van der Waals surface area (Å²) in [7, 11) is 0. The van der Waals surface area contributed by atoms with Crippen molar-refractivity contribution in [3.63, 3.8) is 0 Å². The van der Waals surface area contributed by atoms with Gasteiger partial charge in [0.15, 0.2) is 5.76 Å². The van der Waals surface area contributed by atoms with Gasteiger partial charge in [0.2, 0.25) is 0 Å². The number of nitrogens with zero attached hydrogens (tertiary/aromatic N) is 2. The Morgan fingerprint density at radius 3 is 1.95 bits per heavy atom. The van der Waals surface area contributed by atoms with E-state index in [-0.39, 0.29) is 0 Å². The first-order chi connectivity index (χ1) is 9.34. The molecule has 92 valence electrons. The molecule has 0 atom stereocenters. The molecule has 3 aromatic rings. The standard InChI is InChI=1S/C15H10N2O2/c18-15-17-16-13(11-7-3-1-4-8-11)14(19-15)12-9-5-2-6-10-12/h1-10H. The lowest BCUT2D eigenvalue weighted by Gasteiger charge is -2.05. The zero-order chi connectivity index (χ0) is 13.1. The van der Waals surface area contributed by atoms with Gasteiger partial charge in [-0.3, -0.25) is 0 Å². The van der Waals surface area contributed by atoms with Crippen LogP contribution < -0.4 is 5.76 Å². The summed E-state index contributed by atoms with van der Waals surface area (Å²) in [6, 6.07) is 18.9. The maximum Gasteiger partial charge on any atom is 0.458 e. The maximum absolute atomic E-state index is 11.3. The fourth-order valence-corrected chi connectivity index (χ4v) is 1.86. The fraction of sp³-hybridized carbons (Fsp3) is 0. The van der Waals surface area contributed by atoms with Gasteiger partial charge in [-0.05, 0) is 0 Å². The molecule has 0 bridgehead atoms. The minimum atomic E-state index is -0.696. The normalized spacial score (nSPS) is 10.3. The van der Waals surface area contributed by atoms with Crippen LogP contribution in [0.2, 0.25) is 0 Å². The Kier molecular flexibility index (Phi) is 2.90. The molecule has 0 amide bonds. The Morgan fingerprint density at radius 1 is 0.737 bits per heavy atom. The fourth-order valence-electron chi connectivity index (χ4n) is 1.86. The first-order valence-electron chi connectivity index (χ1n) is 5.83. The van der Waals surface area contributed by atoms with Crippen molar-refractivity contribution in [1.82, 2.24) is 10.2 Å². The third kappa shape index (κ3) is 2.28. The summed E-state index contributed by atoms with van der Waals surface area (Å²) in [6.45, 7) is 0. The highest BCUT2D eigenvalue weighted by molar-refractivity contribution is 5.75. The summed E-state index contributed by atoms with van der Waals surface area (Å²) in [5, 5.41) is 7.44. The Morgan fingerprint density at radius 2 is 1.32 bits per heavy atom. The molecule has 0 saturated carbocycles. The quantitative estimate of drug-likeness (QED) is 0.701. The van der Waals surface area contributed by atoms with Gasteiger partial charge in [-0.25, -0.2) is 4.79 Å². The van der Waals surface area contributed by atoms with E-state index in [2.05, 4.69) is 10.2 Å². The van der Waals surface area contributed by atoms with Crippen LogP contribution in [0.1, 0.15) is 0 Å². The van der Waals surface area contributed by atoms with Crippen LogP contribution in [0.25, 0.3) is 22.6 Å². The second-order valence-corrected chi connectivity index (χ2v) is 3.98. The molecule has 0 aliphatic rings. The number of rotatable bonds is 2. The SMILES string of the molecule is O=c1nnc(-c2ccccc2)c(-c2ccccc2)o1. The van der Waals surface area contributed by atoms with Gasteiger partial charge in [0.05, 0.1) is 0 Å². The van der Waals surface area contributed by atoms with Gasteiger partial charge in [0, 0.05) is 11.1 Å². The highest BCUT2D eigenvalue weighted by atomic mass is 16.4. The van der Waals surface area contributed by atoms with Crippen molar-refractivity contribution < 1.29 is 4.42 Å². The molecule has 1 aromatic heterocycles. The molecule has 19 heavy (non-hydrogen) atoms. The predicted molar refractivity (Wildman–Crippen MR) is 71.4 cm³/mol. The van der Waals surface area contributed by atoms with Crippen LogP contribution in [-0.4, -0.2) is 10.2 Å². The molecule has 3 rings (SSSR count). The van der Waals surface area contributed by atoms with Gasteiger partial charge in [0.1, 0.15) is 5.69 Å². The van der Waals surface area contributed by atoms with Crippen LogP contribution in [-0.2, 0) is 0 Å². The first kappa shape index (κ1) is 11.3. The topological polar surface area (TPSA) is 56.0 Å². The Hall–Kier alpha value is -2.75. The molecule has 4 heteroatoms. The maximum atomic E-state index is 11.3. The zero-order valence-electron chi connectivity index (χ0n) is 9.98. The number of hydrogen-bond acceptors (Lipinski definition) is 4. The van der Waals surface area contributed by atoms with Crippen LogP contribution in [0, 0.1) is 0 Å². The van der Waals surface area contributed by atoms with Crippen LogP contribution in [0.5, 0.6) is 0 Å². The van der Waals surface area contributed by atoms with E-state index in [0.29, 0.717) is 11.5 Å². The van der Waals surface area contributed by atoms with Gasteiger partial charge < -0.3 is 4.42 Å². The summed E-state index contributed by atoms with van der Waals surface area (Å²) in [5.74, 6) is -0.259. The largest absolute Gasteiger partial charge is 0.458 e. The van der Waals surface area contributed by atoms with Crippen molar-refractivity contribution in [2.45, 2.75) is 0 Å². The van der Waals surface area contributed by atoms with Crippen molar-refractivity contribution in [3.8, 4) is 22.6 Å². The lowest BCUT2D eigenvalue weighted by atomic mass is 10.1. The summed E-state index contributed by atoms with van der Waals surface area (Å²) >= 11 is 0. The number of aromatic nitrogens is 2. The van der Waals surface area contributed by atoms with Gasteiger partial charge in [0.25, 0.3) is 0 Å². The summed E-state index contributed by atoms with van der Waals surface area (Å²) in [4.78, 5) is 11.3. The molecular formula is C15H10N2O2. The zero-order valence-corrected chi connectivity index (χ0v) is 9.98. The lowest BCUT2D eigenvalue weighted by molar-refractivity contribution is 0.482. The van der Waals surface area contributed by atoms with Crippen LogP contribution in [0.3, 0.4) is 0 Å². The molecule has 4 nitrogen and oxygen atoms in total. The van der Waals surface area contributed by atoms with E-state index < -0.39 is 5.76 Å². The average molecular weight is 250 g/mol. The van der Waals surface area contributed by atoms with Crippen LogP contribution >= 0.6 is 0 Å². The molecule has 1 heterocycles. The lowest BCUT2D eigenvalue weighted by Crippen LogP contribution is -2.08. The van der Waals surface area contributed by atoms with Crippen molar-refractivity contribution in [1.29, 1.82) is 0 Å². The summed E-state index contributed by atoms with van der Waals surface area (Å²) < 4.78 is 5.22. The Bertz CT molecular complexity index is 737. The van der Waals surface area contributed by atoms with Crippen molar-refractivity contribution in [2.75, 3.05) is 0 Å².